The number of anilines is 1. The molecule has 14 heavy (non-hydrogen) atoms. The van der Waals surface area contributed by atoms with Gasteiger partial charge in [-0.3, -0.25) is 0 Å². The van der Waals surface area contributed by atoms with E-state index in [4.69, 9.17) is 6.42 Å². The van der Waals surface area contributed by atoms with Crippen molar-refractivity contribution in [3.8, 4) is 12.3 Å². The van der Waals surface area contributed by atoms with Crippen LogP contribution in [-0.4, -0.2) is 29.4 Å². The lowest BCUT2D eigenvalue weighted by Gasteiger charge is -2.24. The molecule has 1 aliphatic heterocycles. The standard InChI is InChI=1S/C10H14N4/c1-2-4-11-6-9-7-12-10-3-5-13-14(10)8-9/h1,3,5,9,11-12H,4,6-8H2. The van der Waals surface area contributed by atoms with Crippen molar-refractivity contribution in [2.24, 2.45) is 5.92 Å². The van der Waals surface area contributed by atoms with Crippen molar-refractivity contribution >= 4 is 5.82 Å². The van der Waals surface area contributed by atoms with Gasteiger partial charge in [-0.2, -0.15) is 5.10 Å². The first-order valence-corrected chi connectivity index (χ1v) is 4.80. The summed E-state index contributed by atoms with van der Waals surface area (Å²) in [5.41, 5.74) is 0. The van der Waals surface area contributed by atoms with E-state index in [0.717, 1.165) is 25.5 Å². The van der Waals surface area contributed by atoms with Crippen LogP contribution >= 0.6 is 0 Å². The van der Waals surface area contributed by atoms with Gasteiger partial charge in [-0.05, 0) is 0 Å². The summed E-state index contributed by atoms with van der Waals surface area (Å²) in [7, 11) is 0. The maximum absolute atomic E-state index is 5.16. The zero-order chi connectivity index (χ0) is 9.80. The quantitative estimate of drug-likeness (QED) is 0.526. The minimum atomic E-state index is 0.566. The molecule has 0 bridgehead atoms. The lowest BCUT2D eigenvalue weighted by atomic mass is 10.1. The molecule has 74 valence electrons. The van der Waals surface area contributed by atoms with E-state index in [0.29, 0.717) is 12.5 Å². The van der Waals surface area contributed by atoms with E-state index in [1.54, 1.807) is 0 Å². The van der Waals surface area contributed by atoms with Crippen LogP contribution < -0.4 is 10.6 Å². The van der Waals surface area contributed by atoms with Gasteiger partial charge in [0.25, 0.3) is 0 Å². The Hall–Kier alpha value is -1.47. The molecule has 1 aliphatic rings. The minimum Gasteiger partial charge on any atom is -0.370 e. The second kappa shape index (κ2) is 4.16. The van der Waals surface area contributed by atoms with Crippen LogP contribution in [0.4, 0.5) is 5.82 Å². The highest BCUT2D eigenvalue weighted by atomic mass is 15.3. The van der Waals surface area contributed by atoms with Crippen LogP contribution in [0.3, 0.4) is 0 Å². The Kier molecular flexibility index (Phi) is 2.70. The molecular weight excluding hydrogens is 176 g/mol. The monoisotopic (exact) mass is 190 g/mol. The number of nitrogens with one attached hydrogen (secondary N) is 2. The van der Waals surface area contributed by atoms with Crippen LogP contribution in [0.1, 0.15) is 0 Å². The molecule has 1 atom stereocenters. The molecule has 4 heteroatoms. The Morgan fingerprint density at radius 1 is 1.79 bits per heavy atom. The van der Waals surface area contributed by atoms with Gasteiger partial charge in [0.15, 0.2) is 0 Å². The lowest BCUT2D eigenvalue weighted by molar-refractivity contribution is 0.398. The number of aromatic nitrogens is 2. The van der Waals surface area contributed by atoms with E-state index in [9.17, 15) is 0 Å². The maximum atomic E-state index is 5.16. The third kappa shape index (κ3) is 1.88. The summed E-state index contributed by atoms with van der Waals surface area (Å²) < 4.78 is 1.99. The van der Waals surface area contributed by atoms with Crippen LogP contribution in [0, 0.1) is 18.3 Å². The zero-order valence-electron chi connectivity index (χ0n) is 8.03. The molecule has 0 aliphatic carbocycles. The van der Waals surface area contributed by atoms with Gasteiger partial charge in [-0.1, -0.05) is 5.92 Å². The Balaban J connectivity index is 1.86. The van der Waals surface area contributed by atoms with Gasteiger partial charge in [0.1, 0.15) is 5.82 Å². The Morgan fingerprint density at radius 2 is 2.71 bits per heavy atom. The average molecular weight is 190 g/mol. The summed E-state index contributed by atoms with van der Waals surface area (Å²) in [6, 6.07) is 1.99. The molecule has 0 amide bonds. The summed E-state index contributed by atoms with van der Waals surface area (Å²) in [5.74, 6) is 4.24. The van der Waals surface area contributed by atoms with Crippen molar-refractivity contribution in [1.29, 1.82) is 0 Å². The number of terminal acetylenes is 1. The molecular formula is C10H14N4. The van der Waals surface area contributed by atoms with Crippen molar-refractivity contribution in [1.82, 2.24) is 15.1 Å². The summed E-state index contributed by atoms with van der Waals surface area (Å²) in [5, 5.41) is 10.8. The third-order valence-electron chi connectivity index (χ3n) is 2.38. The second-order valence-corrected chi connectivity index (χ2v) is 3.48. The van der Waals surface area contributed by atoms with Gasteiger partial charge in [0, 0.05) is 31.6 Å². The average Bonchev–Trinajstić information content (AvgIpc) is 2.65. The number of fused-ring (bicyclic) bond motifs is 1. The SMILES string of the molecule is C#CCNCC1CNc2ccnn2C1. The third-order valence-corrected chi connectivity index (χ3v) is 2.38. The fourth-order valence-corrected chi connectivity index (χ4v) is 1.67. The lowest BCUT2D eigenvalue weighted by Crippen LogP contribution is -2.35. The number of hydrogen-bond donors (Lipinski definition) is 2. The molecule has 2 rings (SSSR count). The van der Waals surface area contributed by atoms with Crippen molar-refractivity contribution in [2.75, 3.05) is 25.0 Å². The van der Waals surface area contributed by atoms with E-state index < -0.39 is 0 Å². The molecule has 0 saturated heterocycles. The van der Waals surface area contributed by atoms with Crippen LogP contribution in [0.2, 0.25) is 0 Å². The molecule has 0 spiro atoms. The Bertz CT molecular complexity index is 336. The van der Waals surface area contributed by atoms with Crippen LogP contribution in [-0.2, 0) is 6.54 Å². The maximum Gasteiger partial charge on any atom is 0.124 e. The molecule has 1 aromatic heterocycles. The first-order chi connectivity index (χ1) is 6.90. The highest BCUT2D eigenvalue weighted by Gasteiger charge is 2.17. The van der Waals surface area contributed by atoms with E-state index in [2.05, 4.69) is 21.7 Å². The first-order valence-electron chi connectivity index (χ1n) is 4.80. The summed E-state index contributed by atoms with van der Waals surface area (Å²) in [6.07, 6.45) is 6.98. The van der Waals surface area contributed by atoms with Crippen LogP contribution in [0.25, 0.3) is 0 Å². The van der Waals surface area contributed by atoms with E-state index in [-0.39, 0.29) is 0 Å². The molecule has 2 heterocycles. The van der Waals surface area contributed by atoms with Crippen LogP contribution in [0.5, 0.6) is 0 Å². The predicted octanol–water partition coefficient (Wildman–Crippen LogP) is 0.148. The van der Waals surface area contributed by atoms with Gasteiger partial charge >= 0.3 is 0 Å². The zero-order valence-corrected chi connectivity index (χ0v) is 8.03. The van der Waals surface area contributed by atoms with Gasteiger partial charge in [-0.15, -0.1) is 6.42 Å². The predicted molar refractivity (Wildman–Crippen MR) is 55.9 cm³/mol. The molecule has 1 aromatic rings. The summed E-state index contributed by atoms with van der Waals surface area (Å²) in [4.78, 5) is 0. The van der Waals surface area contributed by atoms with Crippen molar-refractivity contribution in [3.05, 3.63) is 12.3 Å². The summed E-state index contributed by atoms with van der Waals surface area (Å²) >= 11 is 0. The number of nitrogens with zero attached hydrogens (tertiary/aromatic N) is 2. The molecule has 0 saturated carbocycles. The van der Waals surface area contributed by atoms with E-state index >= 15 is 0 Å². The topological polar surface area (TPSA) is 41.9 Å². The minimum absolute atomic E-state index is 0.566. The number of rotatable bonds is 3. The van der Waals surface area contributed by atoms with E-state index in [1.807, 2.05) is 16.9 Å². The van der Waals surface area contributed by atoms with Crippen molar-refractivity contribution in [3.63, 3.8) is 0 Å². The highest BCUT2D eigenvalue weighted by Crippen LogP contribution is 2.15. The van der Waals surface area contributed by atoms with Gasteiger partial charge in [0.2, 0.25) is 0 Å². The van der Waals surface area contributed by atoms with Gasteiger partial charge < -0.3 is 10.6 Å². The van der Waals surface area contributed by atoms with Gasteiger partial charge in [0.05, 0.1) is 12.7 Å². The Labute approximate surface area is 83.7 Å². The van der Waals surface area contributed by atoms with E-state index in [1.165, 1.54) is 0 Å². The summed E-state index contributed by atoms with van der Waals surface area (Å²) in [6.45, 7) is 3.54. The van der Waals surface area contributed by atoms with Crippen molar-refractivity contribution in [2.45, 2.75) is 6.54 Å². The number of hydrogen-bond acceptors (Lipinski definition) is 3. The molecule has 1 unspecified atom stereocenters. The normalized spacial score (nSPS) is 19.5. The first kappa shape index (κ1) is 9.10. The molecule has 0 radical (unpaired) electrons. The molecule has 4 nitrogen and oxygen atoms in total. The molecule has 0 aromatic carbocycles. The smallest absolute Gasteiger partial charge is 0.124 e. The Morgan fingerprint density at radius 3 is 3.57 bits per heavy atom. The van der Waals surface area contributed by atoms with Crippen LogP contribution in [0.15, 0.2) is 12.3 Å². The largest absolute Gasteiger partial charge is 0.370 e. The second-order valence-electron chi connectivity index (χ2n) is 3.48. The van der Waals surface area contributed by atoms with Crippen molar-refractivity contribution < 1.29 is 0 Å². The highest BCUT2D eigenvalue weighted by molar-refractivity contribution is 5.35. The molecule has 2 N–H and O–H groups in total. The molecule has 0 fully saturated rings. The fourth-order valence-electron chi connectivity index (χ4n) is 1.67. The fraction of sp³-hybridized carbons (Fsp3) is 0.500. The van der Waals surface area contributed by atoms with Gasteiger partial charge in [-0.25, -0.2) is 4.68 Å².